The third kappa shape index (κ3) is 1.76. The smallest absolute Gasteiger partial charge is 0.272 e. The molecule has 22 heavy (non-hydrogen) atoms. The summed E-state index contributed by atoms with van der Waals surface area (Å²) in [5.41, 5.74) is 2.86. The summed E-state index contributed by atoms with van der Waals surface area (Å²) in [6, 6.07) is 18.8. The standard InChI is InChI=1S/C19H13NO2/c1-12-6-8-13(9-7-12)18-19(21)16-10-14-4-2-3-5-15(14)11-17(16)20(18)22/h2-11H,1H3. The van der Waals surface area contributed by atoms with Gasteiger partial charge in [0, 0.05) is 6.07 Å². The van der Waals surface area contributed by atoms with E-state index in [4.69, 9.17) is 0 Å². The number of nitrogens with zero attached hydrogens (tertiary/aromatic N) is 1. The maximum Gasteiger partial charge on any atom is 0.272 e. The first-order valence-electron chi connectivity index (χ1n) is 7.14. The van der Waals surface area contributed by atoms with Crippen LogP contribution in [0.4, 0.5) is 5.69 Å². The highest BCUT2D eigenvalue weighted by molar-refractivity contribution is 6.52. The number of ketones is 1. The lowest BCUT2D eigenvalue weighted by Crippen LogP contribution is -2.16. The van der Waals surface area contributed by atoms with Crippen LogP contribution in [-0.2, 0) is 0 Å². The number of hydrogen-bond acceptors (Lipinski definition) is 2. The molecule has 0 bridgehead atoms. The van der Waals surface area contributed by atoms with E-state index in [9.17, 15) is 10.0 Å². The second-order valence-corrected chi connectivity index (χ2v) is 5.55. The largest absolute Gasteiger partial charge is 0.618 e. The number of benzene rings is 3. The number of carbonyl (C=O) groups excluding carboxylic acids is 1. The van der Waals surface area contributed by atoms with Crippen molar-refractivity contribution in [1.29, 1.82) is 0 Å². The van der Waals surface area contributed by atoms with Crippen molar-refractivity contribution in [1.82, 2.24) is 0 Å². The molecule has 0 aliphatic carbocycles. The lowest BCUT2D eigenvalue weighted by molar-refractivity contribution is -0.355. The lowest BCUT2D eigenvalue weighted by Gasteiger charge is -2.03. The highest BCUT2D eigenvalue weighted by Crippen LogP contribution is 2.32. The van der Waals surface area contributed by atoms with Crippen LogP contribution in [0.3, 0.4) is 0 Å². The maximum absolute atomic E-state index is 12.7. The SMILES string of the molecule is Cc1ccc(C2=[N+]([O-])c3cc4ccccc4cc3C2=O)cc1. The molecule has 1 aliphatic rings. The Kier molecular flexibility index (Phi) is 2.63. The summed E-state index contributed by atoms with van der Waals surface area (Å²) in [5, 5.41) is 14.5. The number of carbonyl (C=O) groups is 1. The van der Waals surface area contributed by atoms with Crippen LogP contribution in [0.2, 0.25) is 0 Å². The van der Waals surface area contributed by atoms with Crippen molar-refractivity contribution in [2.24, 2.45) is 0 Å². The molecule has 106 valence electrons. The zero-order chi connectivity index (χ0) is 15.3. The Hall–Kier alpha value is -2.94. The summed E-state index contributed by atoms with van der Waals surface area (Å²) < 4.78 is 0.759. The Morgan fingerprint density at radius 2 is 1.55 bits per heavy atom. The molecule has 3 aromatic rings. The fourth-order valence-corrected chi connectivity index (χ4v) is 2.88. The maximum atomic E-state index is 12.7. The molecular formula is C19H13NO2. The van der Waals surface area contributed by atoms with E-state index in [0.29, 0.717) is 16.8 Å². The molecule has 0 atom stereocenters. The first-order chi connectivity index (χ1) is 10.6. The average Bonchev–Trinajstić information content (AvgIpc) is 2.78. The van der Waals surface area contributed by atoms with E-state index in [1.807, 2.05) is 55.5 Å². The predicted molar refractivity (Wildman–Crippen MR) is 86.9 cm³/mol. The van der Waals surface area contributed by atoms with E-state index >= 15 is 0 Å². The van der Waals surface area contributed by atoms with Crippen LogP contribution in [-0.4, -0.2) is 16.2 Å². The van der Waals surface area contributed by atoms with Crippen LogP contribution in [0.5, 0.6) is 0 Å². The zero-order valence-electron chi connectivity index (χ0n) is 12.0. The zero-order valence-corrected chi connectivity index (χ0v) is 12.0. The summed E-state index contributed by atoms with van der Waals surface area (Å²) in [7, 11) is 0. The molecule has 0 fully saturated rings. The van der Waals surface area contributed by atoms with Crippen LogP contribution >= 0.6 is 0 Å². The fourth-order valence-electron chi connectivity index (χ4n) is 2.88. The summed E-state index contributed by atoms with van der Waals surface area (Å²) in [5.74, 6) is -0.209. The number of hydrogen-bond donors (Lipinski definition) is 0. The number of rotatable bonds is 1. The number of aryl methyl sites for hydroxylation is 1. The summed E-state index contributed by atoms with van der Waals surface area (Å²) in [6.07, 6.45) is 0. The van der Waals surface area contributed by atoms with E-state index in [1.54, 1.807) is 12.1 Å². The Balaban J connectivity index is 1.94. The van der Waals surface area contributed by atoms with Crippen LogP contribution < -0.4 is 0 Å². The van der Waals surface area contributed by atoms with E-state index in [2.05, 4.69) is 0 Å². The van der Waals surface area contributed by atoms with Gasteiger partial charge in [0.05, 0.1) is 5.56 Å². The summed E-state index contributed by atoms with van der Waals surface area (Å²) >= 11 is 0. The minimum absolute atomic E-state index is 0.199. The minimum Gasteiger partial charge on any atom is -0.618 e. The molecule has 0 unspecified atom stereocenters. The van der Waals surface area contributed by atoms with Crippen molar-refractivity contribution in [2.45, 2.75) is 6.92 Å². The highest BCUT2D eigenvalue weighted by atomic mass is 16.5. The van der Waals surface area contributed by atoms with E-state index in [-0.39, 0.29) is 11.5 Å². The number of Topliss-reactive ketones (excluding diaryl/α,β-unsaturated/α-hetero) is 1. The van der Waals surface area contributed by atoms with Gasteiger partial charge in [0.1, 0.15) is 5.56 Å². The summed E-state index contributed by atoms with van der Waals surface area (Å²) in [4.78, 5) is 12.7. The molecule has 1 aliphatic heterocycles. The molecule has 3 aromatic carbocycles. The average molecular weight is 287 g/mol. The number of fused-ring (bicyclic) bond motifs is 2. The van der Waals surface area contributed by atoms with Crippen LogP contribution in [0, 0.1) is 12.1 Å². The van der Waals surface area contributed by atoms with Crippen molar-refractivity contribution < 1.29 is 9.53 Å². The fraction of sp³-hybridized carbons (Fsp3) is 0.0526. The van der Waals surface area contributed by atoms with E-state index in [1.165, 1.54) is 0 Å². The van der Waals surface area contributed by atoms with Gasteiger partial charge in [-0.25, -0.2) is 0 Å². The highest BCUT2D eigenvalue weighted by Gasteiger charge is 2.36. The second kappa shape index (κ2) is 4.53. The molecular weight excluding hydrogens is 274 g/mol. The van der Waals surface area contributed by atoms with Crippen LogP contribution in [0.25, 0.3) is 10.8 Å². The lowest BCUT2D eigenvalue weighted by atomic mass is 9.99. The van der Waals surface area contributed by atoms with Crippen molar-refractivity contribution in [2.75, 3.05) is 0 Å². The molecule has 0 aromatic heterocycles. The predicted octanol–water partition coefficient (Wildman–Crippen LogP) is 3.98. The normalized spacial score (nSPS) is 13.8. The molecule has 0 N–H and O–H groups in total. The van der Waals surface area contributed by atoms with Crippen molar-refractivity contribution in [3.8, 4) is 0 Å². The topological polar surface area (TPSA) is 43.1 Å². The van der Waals surface area contributed by atoms with Crippen molar-refractivity contribution in [3.63, 3.8) is 0 Å². The molecule has 3 heteroatoms. The first-order valence-corrected chi connectivity index (χ1v) is 7.14. The Labute approximate surface area is 127 Å². The minimum atomic E-state index is -0.209. The third-order valence-electron chi connectivity index (χ3n) is 4.07. The molecule has 0 amide bonds. The van der Waals surface area contributed by atoms with Gasteiger partial charge in [-0.3, -0.25) is 4.79 Å². The quantitative estimate of drug-likeness (QED) is 0.502. The second-order valence-electron chi connectivity index (χ2n) is 5.55. The molecule has 0 saturated heterocycles. The molecule has 3 nitrogen and oxygen atoms in total. The third-order valence-corrected chi connectivity index (χ3v) is 4.07. The van der Waals surface area contributed by atoms with E-state index < -0.39 is 0 Å². The van der Waals surface area contributed by atoms with Gasteiger partial charge < -0.3 is 5.21 Å². The molecule has 0 spiro atoms. The van der Waals surface area contributed by atoms with Crippen LogP contribution in [0.15, 0.2) is 60.7 Å². The van der Waals surface area contributed by atoms with Gasteiger partial charge in [-0.15, -0.1) is 0 Å². The van der Waals surface area contributed by atoms with Gasteiger partial charge >= 0.3 is 0 Å². The van der Waals surface area contributed by atoms with Gasteiger partial charge in [0.2, 0.25) is 5.69 Å². The van der Waals surface area contributed by atoms with Gasteiger partial charge in [0.25, 0.3) is 11.5 Å². The molecule has 4 rings (SSSR count). The molecule has 1 heterocycles. The van der Waals surface area contributed by atoms with Gasteiger partial charge in [-0.2, -0.15) is 4.74 Å². The van der Waals surface area contributed by atoms with Crippen molar-refractivity contribution >= 4 is 28.0 Å². The first kappa shape index (κ1) is 12.8. The van der Waals surface area contributed by atoms with Gasteiger partial charge in [-0.05, 0) is 35.9 Å². The van der Waals surface area contributed by atoms with Gasteiger partial charge in [0.15, 0.2) is 0 Å². The Morgan fingerprint density at radius 3 is 2.23 bits per heavy atom. The van der Waals surface area contributed by atoms with Crippen molar-refractivity contribution in [3.05, 3.63) is 82.6 Å². The Morgan fingerprint density at radius 1 is 0.909 bits per heavy atom. The molecule has 0 saturated carbocycles. The monoisotopic (exact) mass is 287 g/mol. The van der Waals surface area contributed by atoms with E-state index in [0.717, 1.165) is 21.1 Å². The molecule has 0 radical (unpaired) electrons. The van der Waals surface area contributed by atoms with Crippen LogP contribution in [0.1, 0.15) is 21.5 Å². The Bertz CT molecular complexity index is 953. The summed E-state index contributed by atoms with van der Waals surface area (Å²) in [6.45, 7) is 1.97. The van der Waals surface area contributed by atoms with Gasteiger partial charge in [-0.1, -0.05) is 42.0 Å².